The number of ether oxygens (including phenoxy) is 2. The highest BCUT2D eigenvalue weighted by Crippen LogP contribution is 2.44. The summed E-state index contributed by atoms with van der Waals surface area (Å²) in [6.45, 7) is 6.90. The van der Waals surface area contributed by atoms with E-state index in [1.807, 2.05) is 30.5 Å². The number of fused-ring (bicyclic) bond motifs is 4. The van der Waals surface area contributed by atoms with E-state index in [4.69, 9.17) is 9.47 Å². The second kappa shape index (κ2) is 8.81. The van der Waals surface area contributed by atoms with Crippen LogP contribution in [0.1, 0.15) is 24.5 Å². The molecule has 0 amide bonds. The van der Waals surface area contributed by atoms with E-state index >= 15 is 0 Å². The zero-order valence-corrected chi connectivity index (χ0v) is 18.6. The molecular formula is C24H29N3O3S. The second-order valence-corrected chi connectivity index (χ2v) is 9.80. The molecule has 0 spiro atoms. The van der Waals surface area contributed by atoms with E-state index in [0.717, 1.165) is 54.0 Å². The van der Waals surface area contributed by atoms with Crippen LogP contribution in [0.25, 0.3) is 10.9 Å². The molecule has 1 N–H and O–H groups in total. The van der Waals surface area contributed by atoms with Crippen molar-refractivity contribution in [1.29, 1.82) is 0 Å². The number of hydrogen-bond acceptors (Lipinski definition) is 7. The van der Waals surface area contributed by atoms with Crippen LogP contribution in [0.4, 0.5) is 0 Å². The van der Waals surface area contributed by atoms with Gasteiger partial charge in [0, 0.05) is 36.0 Å². The van der Waals surface area contributed by atoms with Crippen molar-refractivity contribution in [1.82, 2.24) is 15.2 Å². The third kappa shape index (κ3) is 3.95. The number of hydrogen-bond donors (Lipinski definition) is 1. The van der Waals surface area contributed by atoms with E-state index in [2.05, 4.69) is 27.9 Å². The number of aromatic nitrogens is 1. The molecule has 6 atom stereocenters. The normalized spacial score (nSPS) is 30.8. The number of esters is 1. The van der Waals surface area contributed by atoms with Crippen molar-refractivity contribution in [2.24, 2.45) is 11.8 Å². The zero-order valence-electron chi connectivity index (χ0n) is 17.8. The molecule has 0 radical (unpaired) electrons. The lowest BCUT2D eigenvalue weighted by atomic mass is 9.73. The Hall–Kier alpha value is -2.09. The maximum Gasteiger partial charge on any atom is 0.334 e. The summed E-state index contributed by atoms with van der Waals surface area (Å²) in [7, 11) is 1.67. The zero-order chi connectivity index (χ0) is 21.4. The molecule has 2 unspecified atom stereocenters. The van der Waals surface area contributed by atoms with Gasteiger partial charge < -0.3 is 9.47 Å². The van der Waals surface area contributed by atoms with Crippen molar-refractivity contribution in [3.05, 3.63) is 48.7 Å². The van der Waals surface area contributed by atoms with Crippen LogP contribution < -0.4 is 10.1 Å². The summed E-state index contributed by atoms with van der Waals surface area (Å²) < 4.78 is 11.8. The number of methoxy groups -OCH3 is 1. The predicted molar refractivity (Wildman–Crippen MR) is 123 cm³/mol. The van der Waals surface area contributed by atoms with Gasteiger partial charge in [0.05, 0.1) is 18.7 Å². The van der Waals surface area contributed by atoms with Crippen LogP contribution >= 0.6 is 11.8 Å². The highest BCUT2D eigenvalue weighted by Gasteiger charge is 2.45. The molecule has 6 nitrogen and oxygen atoms in total. The van der Waals surface area contributed by atoms with E-state index in [1.165, 1.54) is 6.42 Å². The number of nitrogens with one attached hydrogen (secondary N) is 1. The Labute approximate surface area is 187 Å². The van der Waals surface area contributed by atoms with Crippen LogP contribution in [0.2, 0.25) is 0 Å². The van der Waals surface area contributed by atoms with E-state index in [1.54, 1.807) is 18.9 Å². The molecule has 0 saturated carbocycles. The van der Waals surface area contributed by atoms with Crippen LogP contribution in [0.5, 0.6) is 5.75 Å². The van der Waals surface area contributed by atoms with Gasteiger partial charge in [-0.2, -0.15) is 0 Å². The largest absolute Gasteiger partial charge is 0.497 e. The van der Waals surface area contributed by atoms with Gasteiger partial charge in [0.25, 0.3) is 0 Å². The minimum absolute atomic E-state index is 0.155. The minimum atomic E-state index is -0.346. The van der Waals surface area contributed by atoms with Gasteiger partial charge in [-0.25, -0.2) is 4.79 Å². The van der Waals surface area contributed by atoms with Crippen LogP contribution in [0.3, 0.4) is 0 Å². The number of pyridine rings is 1. The quantitative estimate of drug-likeness (QED) is 0.547. The highest BCUT2D eigenvalue weighted by atomic mass is 32.2. The molecule has 7 heteroatoms. The fourth-order valence-electron chi connectivity index (χ4n) is 5.33. The lowest BCUT2D eigenvalue weighted by Crippen LogP contribution is -2.55. The molecule has 2 aromatic rings. The molecule has 164 valence electrons. The van der Waals surface area contributed by atoms with E-state index in [-0.39, 0.29) is 23.5 Å². The number of piperidine rings is 3. The fourth-order valence-corrected chi connectivity index (χ4v) is 6.23. The maximum atomic E-state index is 13.1. The lowest BCUT2D eigenvalue weighted by Gasteiger charge is -2.51. The van der Waals surface area contributed by atoms with Gasteiger partial charge in [0.2, 0.25) is 0 Å². The van der Waals surface area contributed by atoms with Crippen molar-refractivity contribution >= 4 is 28.6 Å². The molecule has 4 saturated heterocycles. The molecule has 1 aromatic heterocycles. The van der Waals surface area contributed by atoms with Crippen molar-refractivity contribution in [3.8, 4) is 5.75 Å². The maximum absolute atomic E-state index is 13.1. The SMILES string of the molecule is C=C[C@H]1CN2CC[C@H]1C[C@H]2[C@H](OC(=O)C1NCCS1)c1ccnc2ccc(OC)cc12. The van der Waals surface area contributed by atoms with Gasteiger partial charge in [-0.15, -0.1) is 18.3 Å². The molecule has 5 heterocycles. The summed E-state index contributed by atoms with van der Waals surface area (Å²) >= 11 is 1.62. The number of benzene rings is 1. The van der Waals surface area contributed by atoms with Crippen LogP contribution in [0.15, 0.2) is 43.1 Å². The summed E-state index contributed by atoms with van der Waals surface area (Å²) in [6, 6.07) is 8.04. The van der Waals surface area contributed by atoms with Crippen molar-refractivity contribution in [3.63, 3.8) is 0 Å². The molecular weight excluding hydrogens is 410 g/mol. The Morgan fingerprint density at radius 3 is 3.03 bits per heavy atom. The summed E-state index contributed by atoms with van der Waals surface area (Å²) in [6.07, 6.45) is 5.75. The minimum Gasteiger partial charge on any atom is -0.497 e. The highest BCUT2D eigenvalue weighted by molar-refractivity contribution is 8.00. The monoisotopic (exact) mass is 439 g/mol. The summed E-state index contributed by atoms with van der Waals surface area (Å²) in [5, 5.41) is 3.94. The number of nitrogens with zero attached hydrogens (tertiary/aromatic N) is 2. The van der Waals surface area contributed by atoms with E-state index in [9.17, 15) is 4.79 Å². The predicted octanol–water partition coefficient (Wildman–Crippen LogP) is 3.39. The Morgan fingerprint density at radius 2 is 2.32 bits per heavy atom. The second-order valence-electron chi connectivity index (χ2n) is 8.59. The number of carbonyl (C=O) groups excluding carboxylic acids is 1. The third-order valence-corrected chi connectivity index (χ3v) is 8.10. The standard InChI is InChI=1S/C24H29N3O3S/c1-3-15-14-27-10-7-16(15)12-21(27)22(30-24(28)23-26-9-11-31-23)18-6-8-25-20-5-4-17(29-2)13-19(18)20/h3-6,8,13,15-16,21-23,26H,1,7,9-12,14H2,2H3/t15-,16-,21-,22+,23?/m0/s1. The van der Waals surface area contributed by atoms with Crippen molar-refractivity contribution in [2.45, 2.75) is 30.4 Å². The van der Waals surface area contributed by atoms with E-state index in [0.29, 0.717) is 11.8 Å². The molecule has 6 rings (SSSR count). The van der Waals surface area contributed by atoms with Crippen LogP contribution in [-0.2, 0) is 9.53 Å². The molecule has 4 aliphatic rings. The first-order valence-electron chi connectivity index (χ1n) is 11.0. The lowest BCUT2D eigenvalue weighted by molar-refractivity contribution is -0.157. The molecule has 31 heavy (non-hydrogen) atoms. The van der Waals surface area contributed by atoms with Gasteiger partial charge in [-0.05, 0) is 55.5 Å². The molecule has 1 aromatic carbocycles. The topological polar surface area (TPSA) is 63.7 Å². The van der Waals surface area contributed by atoms with Gasteiger partial charge in [-0.1, -0.05) is 6.08 Å². The van der Waals surface area contributed by atoms with Gasteiger partial charge in [0.15, 0.2) is 5.37 Å². The van der Waals surface area contributed by atoms with Crippen molar-refractivity contribution < 1.29 is 14.3 Å². The van der Waals surface area contributed by atoms with Gasteiger partial charge in [-0.3, -0.25) is 15.2 Å². The summed E-state index contributed by atoms with van der Waals surface area (Å²) in [4.78, 5) is 20.1. The summed E-state index contributed by atoms with van der Waals surface area (Å²) in [5.74, 6) is 2.64. The van der Waals surface area contributed by atoms with Crippen LogP contribution in [-0.4, -0.2) is 59.8 Å². The van der Waals surface area contributed by atoms with Gasteiger partial charge >= 0.3 is 5.97 Å². The Bertz CT molecular complexity index is 978. The first-order valence-corrected chi connectivity index (χ1v) is 12.1. The Balaban J connectivity index is 1.54. The summed E-state index contributed by atoms with van der Waals surface area (Å²) in [5.41, 5.74) is 1.89. The van der Waals surface area contributed by atoms with Crippen molar-refractivity contribution in [2.75, 3.05) is 32.5 Å². The first kappa shape index (κ1) is 20.8. The molecule has 4 fully saturated rings. The molecule has 4 aliphatic heterocycles. The molecule has 0 aliphatic carbocycles. The average molecular weight is 440 g/mol. The Kier molecular flexibility index (Phi) is 5.91. The molecule has 2 bridgehead atoms. The number of rotatable bonds is 6. The third-order valence-electron chi connectivity index (χ3n) is 6.97. The first-order chi connectivity index (χ1) is 15.2. The van der Waals surface area contributed by atoms with Gasteiger partial charge in [0.1, 0.15) is 11.9 Å². The van der Waals surface area contributed by atoms with Crippen LogP contribution in [0, 0.1) is 11.8 Å². The van der Waals surface area contributed by atoms with E-state index < -0.39 is 0 Å². The number of carbonyl (C=O) groups is 1. The fraction of sp³-hybridized carbons (Fsp3) is 0.500. The smallest absolute Gasteiger partial charge is 0.334 e. The number of thioether (sulfide) groups is 1. The average Bonchev–Trinajstić information content (AvgIpc) is 3.37. The Morgan fingerprint density at radius 1 is 1.42 bits per heavy atom.